The van der Waals surface area contributed by atoms with Crippen molar-refractivity contribution in [3.63, 3.8) is 0 Å². The molecule has 1 unspecified atom stereocenters. The first-order valence-electron chi connectivity index (χ1n) is 7.17. The molecule has 0 heterocycles. The number of methoxy groups -OCH3 is 1. The summed E-state index contributed by atoms with van der Waals surface area (Å²) in [6.45, 7) is 0.811. The number of carbonyl (C=O) groups excluding carboxylic acids is 1. The first-order valence-corrected chi connectivity index (χ1v) is 7.55. The van der Waals surface area contributed by atoms with Gasteiger partial charge in [-0.2, -0.15) is 0 Å². The van der Waals surface area contributed by atoms with Crippen LogP contribution in [0.3, 0.4) is 0 Å². The molecule has 0 aromatic heterocycles. The minimum absolute atomic E-state index is 0.112. The van der Waals surface area contributed by atoms with Gasteiger partial charge < -0.3 is 15.0 Å². The van der Waals surface area contributed by atoms with Gasteiger partial charge in [-0.25, -0.2) is 4.39 Å². The quantitative estimate of drug-likeness (QED) is 0.848. The fraction of sp³-hybridized carbons (Fsp3) is 0.235. The highest BCUT2D eigenvalue weighted by Gasteiger charge is 2.12. The Morgan fingerprint density at radius 3 is 2.57 bits per heavy atom. The Kier molecular flexibility index (Phi) is 5.96. The van der Waals surface area contributed by atoms with Crippen LogP contribution in [0.15, 0.2) is 42.5 Å². The van der Waals surface area contributed by atoms with E-state index in [1.165, 1.54) is 13.2 Å². The van der Waals surface area contributed by atoms with Gasteiger partial charge in [0.2, 0.25) is 0 Å². The Morgan fingerprint density at radius 1 is 1.26 bits per heavy atom. The monoisotopic (exact) mass is 337 g/mol. The zero-order valence-corrected chi connectivity index (χ0v) is 13.8. The molecule has 0 bridgehead atoms. The highest BCUT2D eigenvalue weighted by atomic mass is 35.5. The van der Waals surface area contributed by atoms with Gasteiger partial charge in [0.15, 0.2) is 18.1 Å². The van der Waals surface area contributed by atoms with Crippen molar-refractivity contribution in [2.45, 2.75) is 6.54 Å². The Morgan fingerprint density at radius 2 is 1.96 bits per heavy atom. The summed E-state index contributed by atoms with van der Waals surface area (Å²) in [5.74, 6) is -0.297. The van der Waals surface area contributed by atoms with E-state index >= 15 is 0 Å². The normalized spacial score (nSPS) is 11.8. The van der Waals surface area contributed by atoms with Crippen LogP contribution in [0.4, 0.5) is 10.1 Å². The van der Waals surface area contributed by atoms with Crippen LogP contribution in [0, 0.1) is 5.82 Å². The van der Waals surface area contributed by atoms with Crippen molar-refractivity contribution in [1.82, 2.24) is 0 Å². The summed E-state index contributed by atoms with van der Waals surface area (Å²) in [5.41, 5.74) is 1.50. The molecule has 2 aromatic rings. The number of hydrogen-bond acceptors (Lipinski definition) is 2. The van der Waals surface area contributed by atoms with Crippen molar-refractivity contribution in [1.29, 1.82) is 0 Å². The van der Waals surface area contributed by atoms with Gasteiger partial charge in [0.05, 0.1) is 14.2 Å². The maximum absolute atomic E-state index is 13.7. The van der Waals surface area contributed by atoms with Gasteiger partial charge in [0, 0.05) is 16.3 Å². The van der Waals surface area contributed by atoms with E-state index in [1.807, 2.05) is 7.05 Å². The molecule has 0 aliphatic rings. The standard InChI is InChI=1S/C17H18ClFN2O2/c1-21(10-12-3-8-16(23-2)15(19)9-12)11-17(22)20-14-6-4-13(18)5-7-14/h3-9H,10-11H2,1-2H3,(H,20,22)/p+1. The summed E-state index contributed by atoms with van der Waals surface area (Å²) in [7, 11) is 3.31. The lowest BCUT2D eigenvalue weighted by Crippen LogP contribution is -3.08. The van der Waals surface area contributed by atoms with Crippen LogP contribution in [0.5, 0.6) is 5.75 Å². The minimum Gasteiger partial charge on any atom is -0.494 e. The Labute approximate surface area is 139 Å². The van der Waals surface area contributed by atoms with Gasteiger partial charge >= 0.3 is 0 Å². The summed E-state index contributed by atoms with van der Waals surface area (Å²) < 4.78 is 18.5. The molecule has 0 saturated heterocycles. The molecule has 23 heavy (non-hydrogen) atoms. The predicted octanol–water partition coefficient (Wildman–Crippen LogP) is 2.14. The molecule has 2 N–H and O–H groups in total. The SMILES string of the molecule is COc1ccc(C[NH+](C)CC(=O)Nc2ccc(Cl)cc2)cc1F. The van der Waals surface area contributed by atoms with Crippen molar-refractivity contribution < 1.29 is 18.8 Å². The third-order valence-corrected chi connectivity index (χ3v) is 3.56. The van der Waals surface area contributed by atoms with Gasteiger partial charge in [-0.15, -0.1) is 0 Å². The maximum atomic E-state index is 13.7. The Bertz CT molecular complexity index is 677. The van der Waals surface area contributed by atoms with E-state index in [0.29, 0.717) is 17.3 Å². The van der Waals surface area contributed by atoms with Gasteiger partial charge in [-0.3, -0.25) is 4.79 Å². The second-order valence-electron chi connectivity index (χ2n) is 5.33. The highest BCUT2D eigenvalue weighted by molar-refractivity contribution is 6.30. The lowest BCUT2D eigenvalue weighted by Gasteiger charge is -2.14. The number of likely N-dealkylation sites (N-methyl/N-ethyl adjacent to an activating group) is 1. The molecule has 1 amide bonds. The maximum Gasteiger partial charge on any atom is 0.279 e. The number of benzene rings is 2. The van der Waals surface area contributed by atoms with Crippen LogP contribution < -0.4 is 15.0 Å². The number of nitrogens with one attached hydrogen (secondary N) is 2. The first-order chi connectivity index (χ1) is 11.0. The molecule has 6 heteroatoms. The minimum atomic E-state index is -0.400. The Balaban J connectivity index is 1.88. The average Bonchev–Trinajstić information content (AvgIpc) is 2.49. The van der Waals surface area contributed by atoms with Crippen molar-refractivity contribution in [2.24, 2.45) is 0 Å². The zero-order chi connectivity index (χ0) is 16.8. The number of carbonyl (C=O) groups is 1. The number of amides is 1. The topological polar surface area (TPSA) is 42.8 Å². The number of rotatable bonds is 6. The summed E-state index contributed by atoms with van der Waals surface area (Å²) in [6, 6.07) is 11.7. The number of quaternary nitrogens is 1. The lowest BCUT2D eigenvalue weighted by atomic mass is 10.2. The van der Waals surface area contributed by atoms with Crippen molar-refractivity contribution >= 4 is 23.2 Å². The van der Waals surface area contributed by atoms with Crippen LogP contribution in [-0.2, 0) is 11.3 Å². The van der Waals surface area contributed by atoms with Gasteiger partial charge in [0.25, 0.3) is 5.91 Å². The van der Waals surface area contributed by atoms with Crippen LogP contribution in [-0.4, -0.2) is 26.6 Å². The number of halogens is 2. The number of ether oxygens (including phenoxy) is 1. The molecule has 2 rings (SSSR count). The van der Waals surface area contributed by atoms with E-state index in [9.17, 15) is 9.18 Å². The highest BCUT2D eigenvalue weighted by Crippen LogP contribution is 2.17. The van der Waals surface area contributed by atoms with E-state index in [4.69, 9.17) is 16.3 Å². The fourth-order valence-electron chi connectivity index (χ4n) is 2.24. The summed E-state index contributed by atoms with van der Waals surface area (Å²) in [5, 5.41) is 3.42. The van der Waals surface area contributed by atoms with Gasteiger partial charge in [0.1, 0.15) is 6.54 Å². The second kappa shape index (κ2) is 7.94. The van der Waals surface area contributed by atoms with E-state index in [2.05, 4.69) is 5.32 Å². The van der Waals surface area contributed by atoms with Crippen LogP contribution in [0.1, 0.15) is 5.56 Å². The van der Waals surface area contributed by atoms with E-state index in [1.54, 1.807) is 36.4 Å². The van der Waals surface area contributed by atoms with Crippen LogP contribution >= 0.6 is 11.6 Å². The average molecular weight is 338 g/mol. The lowest BCUT2D eigenvalue weighted by molar-refractivity contribution is -0.885. The van der Waals surface area contributed by atoms with E-state index in [0.717, 1.165) is 10.5 Å². The van der Waals surface area contributed by atoms with E-state index in [-0.39, 0.29) is 18.2 Å². The smallest absolute Gasteiger partial charge is 0.279 e. The molecule has 0 radical (unpaired) electrons. The first kappa shape index (κ1) is 17.2. The fourth-order valence-corrected chi connectivity index (χ4v) is 2.37. The molecule has 0 aliphatic heterocycles. The predicted molar refractivity (Wildman–Crippen MR) is 88.5 cm³/mol. The zero-order valence-electron chi connectivity index (χ0n) is 13.0. The summed E-state index contributed by atoms with van der Waals surface area (Å²) in [6.07, 6.45) is 0. The molecule has 0 saturated carbocycles. The molecule has 0 aliphatic carbocycles. The summed E-state index contributed by atoms with van der Waals surface area (Å²) in [4.78, 5) is 13.0. The summed E-state index contributed by atoms with van der Waals surface area (Å²) >= 11 is 5.80. The van der Waals surface area contributed by atoms with Crippen molar-refractivity contribution in [2.75, 3.05) is 26.0 Å². The molecule has 122 valence electrons. The van der Waals surface area contributed by atoms with Gasteiger partial charge in [-0.1, -0.05) is 11.6 Å². The molecule has 4 nitrogen and oxygen atoms in total. The van der Waals surface area contributed by atoms with E-state index < -0.39 is 5.82 Å². The molecule has 0 fully saturated rings. The molecular formula is C17H19ClFN2O2+. The number of anilines is 1. The molecule has 2 aromatic carbocycles. The third-order valence-electron chi connectivity index (χ3n) is 3.31. The Hall–Kier alpha value is -2.11. The second-order valence-corrected chi connectivity index (χ2v) is 5.77. The molecular weight excluding hydrogens is 319 g/mol. The molecule has 1 atom stereocenters. The van der Waals surface area contributed by atoms with Crippen LogP contribution in [0.2, 0.25) is 5.02 Å². The molecule has 0 spiro atoms. The van der Waals surface area contributed by atoms with Gasteiger partial charge in [-0.05, 0) is 42.5 Å². The van der Waals surface area contributed by atoms with Crippen molar-refractivity contribution in [3.8, 4) is 5.75 Å². The number of hydrogen-bond donors (Lipinski definition) is 2. The van der Waals surface area contributed by atoms with Crippen molar-refractivity contribution in [3.05, 3.63) is 58.9 Å². The van der Waals surface area contributed by atoms with Crippen LogP contribution in [0.25, 0.3) is 0 Å². The third kappa shape index (κ3) is 5.23. The largest absolute Gasteiger partial charge is 0.494 e.